The minimum Gasteiger partial charge on any atom is -0.481 e. The van der Waals surface area contributed by atoms with Crippen LogP contribution < -0.4 is 9.80 Å². The predicted molar refractivity (Wildman–Crippen MR) is 114 cm³/mol. The van der Waals surface area contributed by atoms with Crippen molar-refractivity contribution in [1.29, 1.82) is 0 Å². The van der Waals surface area contributed by atoms with Gasteiger partial charge in [0.15, 0.2) is 0 Å². The number of carboxylic acids is 1. The molecule has 0 spiro atoms. The lowest BCUT2D eigenvalue weighted by Crippen LogP contribution is -2.48. The van der Waals surface area contributed by atoms with Gasteiger partial charge in [0.25, 0.3) is 5.91 Å². The molecule has 0 bridgehead atoms. The largest absolute Gasteiger partial charge is 0.481 e. The van der Waals surface area contributed by atoms with Crippen LogP contribution in [0.2, 0.25) is 5.02 Å². The summed E-state index contributed by atoms with van der Waals surface area (Å²) in [7, 11) is 0. The molecule has 156 valence electrons. The molecule has 2 amide bonds. The van der Waals surface area contributed by atoms with Gasteiger partial charge in [0, 0.05) is 50.4 Å². The summed E-state index contributed by atoms with van der Waals surface area (Å²) in [6, 6.07) is 14.6. The van der Waals surface area contributed by atoms with Crippen molar-refractivity contribution in [2.24, 2.45) is 5.92 Å². The topological polar surface area (TPSA) is 81.2 Å². The normalized spacial score (nSPS) is 19.3. The first-order valence-corrected chi connectivity index (χ1v) is 10.2. The Kier molecular flexibility index (Phi) is 5.63. The molecular weight excluding hydrogens is 406 g/mol. The minimum atomic E-state index is -0.962. The number of hydrogen-bond donors (Lipinski definition) is 1. The molecule has 0 aromatic heterocycles. The zero-order chi connectivity index (χ0) is 21.3. The fourth-order valence-electron chi connectivity index (χ4n) is 3.96. The number of rotatable bonds is 4. The van der Waals surface area contributed by atoms with Crippen LogP contribution in [-0.4, -0.2) is 60.5 Å². The first-order valence-electron chi connectivity index (χ1n) is 9.86. The van der Waals surface area contributed by atoms with Crippen molar-refractivity contribution in [2.45, 2.75) is 6.42 Å². The lowest BCUT2D eigenvalue weighted by molar-refractivity contribution is -0.141. The molecule has 4 rings (SSSR count). The van der Waals surface area contributed by atoms with Crippen molar-refractivity contribution < 1.29 is 19.5 Å². The van der Waals surface area contributed by atoms with E-state index in [1.165, 1.54) is 4.90 Å². The molecule has 2 aromatic carbocycles. The summed E-state index contributed by atoms with van der Waals surface area (Å²) in [5.41, 5.74) is 2.13. The van der Waals surface area contributed by atoms with E-state index in [4.69, 9.17) is 16.7 Å². The third-order valence-corrected chi connectivity index (χ3v) is 5.95. The zero-order valence-electron chi connectivity index (χ0n) is 16.3. The number of hydrogen-bond acceptors (Lipinski definition) is 4. The van der Waals surface area contributed by atoms with Gasteiger partial charge in [-0.25, -0.2) is 0 Å². The molecule has 1 atom stereocenters. The number of halogens is 1. The number of amides is 2. The van der Waals surface area contributed by atoms with Crippen molar-refractivity contribution in [3.05, 3.63) is 59.1 Å². The Labute approximate surface area is 179 Å². The van der Waals surface area contributed by atoms with Crippen LogP contribution in [0.3, 0.4) is 0 Å². The summed E-state index contributed by atoms with van der Waals surface area (Å²) in [5, 5.41) is 9.66. The molecule has 0 saturated carbocycles. The van der Waals surface area contributed by atoms with Gasteiger partial charge in [-0.2, -0.15) is 0 Å². The lowest BCUT2D eigenvalue weighted by Gasteiger charge is -2.36. The van der Waals surface area contributed by atoms with E-state index in [1.807, 2.05) is 41.3 Å². The van der Waals surface area contributed by atoms with E-state index < -0.39 is 11.9 Å². The predicted octanol–water partition coefficient (Wildman–Crippen LogP) is 2.74. The lowest BCUT2D eigenvalue weighted by atomic mass is 10.1. The van der Waals surface area contributed by atoms with Gasteiger partial charge in [0.2, 0.25) is 5.91 Å². The molecule has 2 aromatic rings. The average molecular weight is 428 g/mol. The van der Waals surface area contributed by atoms with E-state index >= 15 is 0 Å². The van der Waals surface area contributed by atoms with Crippen LogP contribution in [0, 0.1) is 5.92 Å². The zero-order valence-corrected chi connectivity index (χ0v) is 17.1. The molecule has 2 saturated heterocycles. The molecular formula is C22H22ClN3O4. The Hall–Kier alpha value is -3.06. The maximum Gasteiger partial charge on any atom is 0.308 e. The Morgan fingerprint density at radius 2 is 1.70 bits per heavy atom. The van der Waals surface area contributed by atoms with Gasteiger partial charge in [0.05, 0.1) is 16.6 Å². The second-order valence-corrected chi connectivity index (χ2v) is 7.93. The number of carbonyl (C=O) groups is 3. The van der Waals surface area contributed by atoms with Crippen LogP contribution in [0.5, 0.6) is 0 Å². The SMILES string of the molecule is O=C(O)C1CC(=O)N(c2ccc(N3CCN(C(=O)c4ccccc4)CC3)c(Cl)c2)C1. The second kappa shape index (κ2) is 8.36. The average Bonchev–Trinajstić information content (AvgIpc) is 3.16. The molecule has 1 unspecified atom stereocenters. The van der Waals surface area contributed by atoms with Crippen molar-refractivity contribution in [1.82, 2.24) is 4.90 Å². The van der Waals surface area contributed by atoms with Crippen molar-refractivity contribution in [3.8, 4) is 0 Å². The maximum atomic E-state index is 12.6. The van der Waals surface area contributed by atoms with Crippen molar-refractivity contribution in [2.75, 3.05) is 42.5 Å². The summed E-state index contributed by atoms with van der Waals surface area (Å²) >= 11 is 6.51. The van der Waals surface area contributed by atoms with E-state index in [1.54, 1.807) is 12.1 Å². The van der Waals surface area contributed by atoms with E-state index in [-0.39, 0.29) is 24.8 Å². The number of carboxylic acid groups (broad SMARTS) is 1. The molecule has 2 aliphatic heterocycles. The Bertz CT molecular complexity index is 974. The molecule has 2 fully saturated rings. The maximum absolute atomic E-state index is 12.6. The fourth-order valence-corrected chi connectivity index (χ4v) is 4.25. The van der Waals surface area contributed by atoms with E-state index in [0.29, 0.717) is 42.5 Å². The van der Waals surface area contributed by atoms with Crippen LogP contribution >= 0.6 is 11.6 Å². The number of piperazine rings is 1. The number of nitrogens with zero attached hydrogens (tertiary/aromatic N) is 3. The quantitative estimate of drug-likeness (QED) is 0.811. The highest BCUT2D eigenvalue weighted by Crippen LogP contribution is 2.33. The van der Waals surface area contributed by atoms with E-state index in [9.17, 15) is 14.4 Å². The van der Waals surface area contributed by atoms with Crippen LogP contribution in [-0.2, 0) is 9.59 Å². The summed E-state index contributed by atoms with van der Waals surface area (Å²) < 4.78 is 0. The van der Waals surface area contributed by atoms with Gasteiger partial charge in [-0.3, -0.25) is 14.4 Å². The number of anilines is 2. The molecule has 2 heterocycles. The van der Waals surface area contributed by atoms with Gasteiger partial charge in [-0.1, -0.05) is 29.8 Å². The molecule has 7 nitrogen and oxygen atoms in total. The second-order valence-electron chi connectivity index (χ2n) is 7.52. The minimum absolute atomic E-state index is 0.00606. The molecule has 30 heavy (non-hydrogen) atoms. The summed E-state index contributed by atoms with van der Waals surface area (Å²) in [4.78, 5) is 41.4. The Morgan fingerprint density at radius 1 is 1.00 bits per heavy atom. The van der Waals surface area contributed by atoms with Gasteiger partial charge >= 0.3 is 5.97 Å². The van der Waals surface area contributed by atoms with Crippen molar-refractivity contribution >= 4 is 40.8 Å². The van der Waals surface area contributed by atoms with Crippen LogP contribution in [0.15, 0.2) is 48.5 Å². The Balaban J connectivity index is 1.42. The van der Waals surface area contributed by atoms with Gasteiger partial charge in [-0.15, -0.1) is 0 Å². The highest BCUT2D eigenvalue weighted by atomic mass is 35.5. The van der Waals surface area contributed by atoms with E-state index in [0.717, 1.165) is 5.69 Å². The molecule has 8 heteroatoms. The highest BCUT2D eigenvalue weighted by molar-refractivity contribution is 6.33. The first-order chi connectivity index (χ1) is 14.4. The summed E-state index contributed by atoms with van der Waals surface area (Å²) in [6.07, 6.45) is 0.00606. The smallest absolute Gasteiger partial charge is 0.308 e. The van der Waals surface area contributed by atoms with Crippen LogP contribution in [0.4, 0.5) is 11.4 Å². The first kappa shape index (κ1) is 20.2. The molecule has 0 aliphatic carbocycles. The van der Waals surface area contributed by atoms with Crippen molar-refractivity contribution in [3.63, 3.8) is 0 Å². The van der Waals surface area contributed by atoms with Gasteiger partial charge in [0.1, 0.15) is 0 Å². The van der Waals surface area contributed by atoms with E-state index in [2.05, 4.69) is 4.90 Å². The summed E-state index contributed by atoms with van der Waals surface area (Å²) in [5.74, 6) is -1.83. The monoisotopic (exact) mass is 427 g/mol. The van der Waals surface area contributed by atoms with Gasteiger partial charge in [-0.05, 0) is 30.3 Å². The number of benzene rings is 2. The molecule has 2 aliphatic rings. The number of aliphatic carboxylic acids is 1. The third-order valence-electron chi connectivity index (χ3n) is 5.65. The van der Waals surface area contributed by atoms with Gasteiger partial charge < -0.3 is 19.8 Å². The molecule has 1 N–H and O–H groups in total. The fraction of sp³-hybridized carbons (Fsp3) is 0.318. The highest BCUT2D eigenvalue weighted by Gasteiger charge is 2.35. The van der Waals surface area contributed by atoms with Crippen LogP contribution in [0.1, 0.15) is 16.8 Å². The summed E-state index contributed by atoms with van der Waals surface area (Å²) in [6.45, 7) is 2.65. The van der Waals surface area contributed by atoms with Crippen LogP contribution in [0.25, 0.3) is 0 Å². The Morgan fingerprint density at radius 3 is 2.30 bits per heavy atom. The third kappa shape index (κ3) is 3.98. The molecule has 0 radical (unpaired) electrons. The standard InChI is InChI=1S/C22H22ClN3O4/c23-18-13-17(26-14-16(22(29)30)12-20(26)27)6-7-19(18)24-8-10-25(11-9-24)21(28)15-4-2-1-3-5-15/h1-7,13,16H,8-12,14H2,(H,29,30). The number of carbonyl (C=O) groups excluding carboxylic acids is 2.